The quantitative estimate of drug-likeness (QED) is 0.940. The number of halogens is 2. The van der Waals surface area contributed by atoms with Gasteiger partial charge in [0.15, 0.2) is 10.8 Å². The Balaban J connectivity index is 1.83. The van der Waals surface area contributed by atoms with Crippen molar-refractivity contribution in [3.63, 3.8) is 0 Å². The SMILES string of the molecule is COc1cc(NC2CC(F)(F)C2)nc(-c2nc(C)cs2)n1. The predicted molar refractivity (Wildman–Crippen MR) is 76.0 cm³/mol. The average Bonchev–Trinajstić information content (AvgIpc) is 2.83. The van der Waals surface area contributed by atoms with E-state index >= 15 is 0 Å². The van der Waals surface area contributed by atoms with Crippen molar-refractivity contribution in [2.45, 2.75) is 31.7 Å². The fourth-order valence-electron chi connectivity index (χ4n) is 2.13. The molecule has 1 N–H and O–H groups in total. The van der Waals surface area contributed by atoms with E-state index < -0.39 is 5.92 Å². The molecule has 2 aromatic rings. The molecule has 0 unspecified atom stereocenters. The van der Waals surface area contributed by atoms with Gasteiger partial charge in [0.05, 0.1) is 7.11 Å². The van der Waals surface area contributed by atoms with E-state index in [0.29, 0.717) is 22.5 Å². The molecular formula is C13H14F2N4OS. The van der Waals surface area contributed by atoms with Gasteiger partial charge in [-0.3, -0.25) is 0 Å². The van der Waals surface area contributed by atoms with Crippen molar-refractivity contribution < 1.29 is 13.5 Å². The van der Waals surface area contributed by atoms with Crippen LogP contribution in [-0.4, -0.2) is 34.0 Å². The number of aryl methyl sites for hydroxylation is 1. The minimum Gasteiger partial charge on any atom is -0.481 e. The second kappa shape index (κ2) is 5.18. The van der Waals surface area contributed by atoms with E-state index in [1.807, 2.05) is 12.3 Å². The highest BCUT2D eigenvalue weighted by molar-refractivity contribution is 7.13. The fraction of sp³-hybridized carbons (Fsp3) is 0.462. The largest absolute Gasteiger partial charge is 0.481 e. The van der Waals surface area contributed by atoms with Gasteiger partial charge in [-0.05, 0) is 6.92 Å². The van der Waals surface area contributed by atoms with Crippen molar-refractivity contribution in [1.29, 1.82) is 0 Å². The molecule has 5 nitrogen and oxygen atoms in total. The number of rotatable bonds is 4. The van der Waals surface area contributed by atoms with Gasteiger partial charge < -0.3 is 10.1 Å². The zero-order chi connectivity index (χ0) is 15.0. The average molecular weight is 312 g/mol. The number of anilines is 1. The lowest BCUT2D eigenvalue weighted by Crippen LogP contribution is -2.44. The third-order valence-corrected chi connectivity index (χ3v) is 4.12. The number of ether oxygens (including phenoxy) is 1. The molecule has 0 spiro atoms. The molecule has 1 aliphatic rings. The molecule has 0 aromatic carbocycles. The van der Waals surface area contributed by atoms with Gasteiger partial charge in [-0.25, -0.2) is 18.7 Å². The van der Waals surface area contributed by atoms with Gasteiger partial charge in [0.2, 0.25) is 5.88 Å². The van der Waals surface area contributed by atoms with Crippen molar-refractivity contribution in [1.82, 2.24) is 15.0 Å². The molecule has 0 saturated heterocycles. The zero-order valence-corrected chi connectivity index (χ0v) is 12.4. The van der Waals surface area contributed by atoms with Crippen LogP contribution < -0.4 is 10.1 Å². The van der Waals surface area contributed by atoms with Crippen molar-refractivity contribution in [3.05, 3.63) is 17.1 Å². The third kappa shape index (κ3) is 3.10. The van der Waals surface area contributed by atoms with Gasteiger partial charge in [0.1, 0.15) is 5.82 Å². The molecule has 2 heterocycles. The van der Waals surface area contributed by atoms with Crippen molar-refractivity contribution in [2.75, 3.05) is 12.4 Å². The lowest BCUT2D eigenvalue weighted by atomic mass is 9.88. The summed E-state index contributed by atoms with van der Waals surface area (Å²) < 4.78 is 30.9. The molecule has 0 amide bonds. The molecule has 1 fully saturated rings. The molecule has 0 aliphatic heterocycles. The molecule has 3 rings (SSSR count). The molecule has 0 atom stereocenters. The summed E-state index contributed by atoms with van der Waals surface area (Å²) in [6.07, 6.45) is -0.351. The highest BCUT2D eigenvalue weighted by Gasteiger charge is 2.45. The standard InChI is InChI=1S/C13H14F2N4OS/c1-7-6-21-12(16-7)11-18-9(3-10(19-11)20-2)17-8-4-13(14,15)5-8/h3,6,8H,4-5H2,1-2H3,(H,17,18,19). The number of alkyl halides is 2. The zero-order valence-electron chi connectivity index (χ0n) is 11.6. The minimum atomic E-state index is -2.57. The first-order chi connectivity index (χ1) is 9.95. The monoisotopic (exact) mass is 312 g/mol. The van der Waals surface area contributed by atoms with Crippen molar-refractivity contribution in [2.24, 2.45) is 0 Å². The summed E-state index contributed by atoms with van der Waals surface area (Å²) in [6, 6.07) is 1.32. The molecule has 112 valence electrons. The Morgan fingerprint density at radius 1 is 1.33 bits per heavy atom. The number of nitrogens with zero attached hydrogens (tertiary/aromatic N) is 3. The Hall–Kier alpha value is -1.83. The Morgan fingerprint density at radius 2 is 2.10 bits per heavy atom. The van der Waals surface area contributed by atoms with Crippen LogP contribution in [0.5, 0.6) is 5.88 Å². The van der Waals surface area contributed by atoms with Gasteiger partial charge in [0.25, 0.3) is 5.92 Å². The Morgan fingerprint density at radius 3 is 2.67 bits per heavy atom. The van der Waals surface area contributed by atoms with Gasteiger partial charge in [-0.2, -0.15) is 4.98 Å². The first-order valence-corrected chi connectivity index (χ1v) is 7.33. The normalized spacial score (nSPS) is 17.3. The number of hydrogen-bond donors (Lipinski definition) is 1. The molecule has 0 bridgehead atoms. The second-order valence-electron chi connectivity index (χ2n) is 5.02. The smallest absolute Gasteiger partial charge is 0.252 e. The van der Waals surface area contributed by atoms with E-state index in [2.05, 4.69) is 20.3 Å². The van der Waals surface area contributed by atoms with Crippen LogP contribution in [0.1, 0.15) is 18.5 Å². The number of hydrogen-bond acceptors (Lipinski definition) is 6. The Labute approximate surface area is 124 Å². The van der Waals surface area contributed by atoms with Crippen LogP contribution in [0.3, 0.4) is 0 Å². The summed E-state index contributed by atoms with van der Waals surface area (Å²) in [7, 11) is 1.50. The summed E-state index contributed by atoms with van der Waals surface area (Å²) in [5.74, 6) is -1.28. The summed E-state index contributed by atoms with van der Waals surface area (Å²) in [6.45, 7) is 1.88. The maximum atomic E-state index is 12.9. The van der Waals surface area contributed by atoms with Gasteiger partial charge in [0, 0.05) is 36.0 Å². The third-order valence-electron chi connectivity index (χ3n) is 3.16. The molecule has 8 heteroatoms. The molecule has 2 aromatic heterocycles. The van der Waals surface area contributed by atoms with Gasteiger partial charge in [-0.1, -0.05) is 0 Å². The summed E-state index contributed by atoms with van der Waals surface area (Å²) in [5, 5.41) is 5.57. The first-order valence-electron chi connectivity index (χ1n) is 6.45. The second-order valence-corrected chi connectivity index (χ2v) is 5.88. The van der Waals surface area contributed by atoms with E-state index in [4.69, 9.17) is 4.74 Å². The van der Waals surface area contributed by atoms with Gasteiger partial charge in [-0.15, -0.1) is 11.3 Å². The predicted octanol–water partition coefficient (Wildman–Crippen LogP) is 3.13. The van der Waals surface area contributed by atoms with E-state index in [1.165, 1.54) is 18.4 Å². The number of methoxy groups -OCH3 is 1. The maximum Gasteiger partial charge on any atom is 0.252 e. The first kappa shape index (κ1) is 14.1. The molecule has 1 saturated carbocycles. The molecule has 0 radical (unpaired) electrons. The topological polar surface area (TPSA) is 59.9 Å². The molecular weight excluding hydrogens is 298 g/mol. The number of aromatic nitrogens is 3. The van der Waals surface area contributed by atoms with Crippen LogP contribution in [0, 0.1) is 6.92 Å². The Kier molecular flexibility index (Phi) is 3.48. The lowest BCUT2D eigenvalue weighted by molar-refractivity contribution is -0.0794. The van der Waals surface area contributed by atoms with Crippen LogP contribution in [0.4, 0.5) is 14.6 Å². The summed E-state index contributed by atoms with van der Waals surface area (Å²) >= 11 is 1.43. The fourth-order valence-corrected chi connectivity index (χ4v) is 2.86. The van der Waals surface area contributed by atoms with Crippen LogP contribution in [0.25, 0.3) is 10.8 Å². The summed E-state index contributed by atoms with van der Waals surface area (Å²) in [4.78, 5) is 12.9. The minimum absolute atomic E-state index is 0.176. The van der Waals surface area contributed by atoms with Crippen LogP contribution in [-0.2, 0) is 0 Å². The van der Waals surface area contributed by atoms with Crippen LogP contribution in [0.15, 0.2) is 11.4 Å². The Bertz CT molecular complexity index is 653. The van der Waals surface area contributed by atoms with Crippen LogP contribution in [0.2, 0.25) is 0 Å². The van der Waals surface area contributed by atoms with E-state index in [1.54, 1.807) is 6.07 Å². The van der Waals surface area contributed by atoms with E-state index in [9.17, 15) is 8.78 Å². The highest BCUT2D eigenvalue weighted by atomic mass is 32.1. The lowest BCUT2D eigenvalue weighted by Gasteiger charge is -2.35. The maximum absolute atomic E-state index is 12.9. The van der Waals surface area contributed by atoms with Crippen molar-refractivity contribution in [3.8, 4) is 16.7 Å². The highest BCUT2D eigenvalue weighted by Crippen LogP contribution is 2.39. The van der Waals surface area contributed by atoms with Crippen molar-refractivity contribution >= 4 is 17.2 Å². The van der Waals surface area contributed by atoms with E-state index in [-0.39, 0.29) is 18.9 Å². The van der Waals surface area contributed by atoms with Gasteiger partial charge >= 0.3 is 0 Å². The summed E-state index contributed by atoms with van der Waals surface area (Å²) in [5.41, 5.74) is 0.884. The number of nitrogens with one attached hydrogen (secondary N) is 1. The molecule has 21 heavy (non-hydrogen) atoms. The van der Waals surface area contributed by atoms with E-state index in [0.717, 1.165) is 5.69 Å². The number of thiazole rings is 1. The van der Waals surface area contributed by atoms with Crippen LogP contribution >= 0.6 is 11.3 Å². The molecule has 1 aliphatic carbocycles.